The molecule has 9 heteroatoms. The summed E-state index contributed by atoms with van der Waals surface area (Å²) < 4.78 is 5.55. The highest BCUT2D eigenvalue weighted by atomic mass is 32.2. The fourth-order valence-corrected chi connectivity index (χ4v) is 6.83. The first-order valence-corrected chi connectivity index (χ1v) is 12.7. The molecular weight excluding hydrogens is 434 g/mol. The number of rotatable bonds is 6. The quantitative estimate of drug-likeness (QED) is 0.676. The Morgan fingerprint density at radius 1 is 1.24 bits per heavy atom. The van der Waals surface area contributed by atoms with E-state index in [1.165, 1.54) is 16.7 Å². The Morgan fingerprint density at radius 3 is 2.97 bits per heavy atom. The lowest BCUT2D eigenvalue weighted by Crippen LogP contribution is -2.56. The van der Waals surface area contributed by atoms with Gasteiger partial charge in [-0.25, -0.2) is 15.0 Å². The lowest BCUT2D eigenvalue weighted by molar-refractivity contribution is 0.0338. The van der Waals surface area contributed by atoms with Gasteiger partial charge >= 0.3 is 0 Å². The topological polar surface area (TPSA) is 101 Å². The third-order valence-corrected chi connectivity index (χ3v) is 8.52. The number of ether oxygens (including phenoxy) is 1. The summed E-state index contributed by atoms with van der Waals surface area (Å²) in [6.45, 7) is 5.17. The molecule has 0 radical (unpaired) electrons. The molecule has 0 amide bonds. The van der Waals surface area contributed by atoms with Gasteiger partial charge in [0.05, 0.1) is 24.2 Å². The van der Waals surface area contributed by atoms with Gasteiger partial charge in [0, 0.05) is 50.6 Å². The summed E-state index contributed by atoms with van der Waals surface area (Å²) >= 11 is 1.77. The highest BCUT2D eigenvalue weighted by molar-refractivity contribution is 8.01. The summed E-state index contributed by atoms with van der Waals surface area (Å²) in [6, 6.07) is 4.08. The molecule has 0 bridgehead atoms. The molecule has 172 valence electrons. The molecule has 6 rings (SSSR count). The minimum atomic E-state index is -0.475. The Labute approximate surface area is 198 Å². The maximum Gasteiger partial charge on any atom is 0.132 e. The van der Waals surface area contributed by atoms with Crippen LogP contribution in [0, 0.1) is 0 Å². The van der Waals surface area contributed by atoms with Crippen LogP contribution >= 0.6 is 11.8 Å². The minimum absolute atomic E-state index is 0.0641. The lowest BCUT2D eigenvalue weighted by atomic mass is 9.91. The largest absolute Gasteiger partial charge is 0.383 e. The number of aliphatic imine (C=N–C) groups is 2. The molecule has 0 aromatic carbocycles. The number of nitrogens with two attached hydrogens (primary N) is 1. The second-order valence-corrected chi connectivity index (χ2v) is 10.2. The lowest BCUT2D eigenvalue weighted by Gasteiger charge is -2.39. The molecule has 2 unspecified atom stereocenters. The van der Waals surface area contributed by atoms with Gasteiger partial charge in [0.1, 0.15) is 22.8 Å². The molecule has 33 heavy (non-hydrogen) atoms. The van der Waals surface area contributed by atoms with Gasteiger partial charge in [-0.1, -0.05) is 17.8 Å². The molecule has 1 saturated heterocycles. The molecule has 1 aliphatic carbocycles. The average molecular weight is 464 g/mol. The van der Waals surface area contributed by atoms with E-state index in [0.29, 0.717) is 12.4 Å². The second kappa shape index (κ2) is 8.79. The molecule has 5 heterocycles. The number of nitrogen functional groups attached to an aromatic ring is 1. The van der Waals surface area contributed by atoms with E-state index in [1.807, 2.05) is 12.3 Å². The third-order valence-electron chi connectivity index (χ3n) is 7.15. The summed E-state index contributed by atoms with van der Waals surface area (Å²) in [5, 5.41) is 4.90. The van der Waals surface area contributed by atoms with Crippen LogP contribution in [0.15, 0.2) is 39.5 Å². The van der Waals surface area contributed by atoms with Crippen LogP contribution in [0.5, 0.6) is 0 Å². The van der Waals surface area contributed by atoms with Gasteiger partial charge in [0.15, 0.2) is 0 Å². The number of thioether (sulfide) groups is 1. The fourth-order valence-electron chi connectivity index (χ4n) is 5.36. The Hall–Kier alpha value is -2.33. The van der Waals surface area contributed by atoms with E-state index in [1.54, 1.807) is 24.3 Å². The summed E-state index contributed by atoms with van der Waals surface area (Å²) in [7, 11) is 0. The number of nitrogens with one attached hydrogen (secondary N) is 1. The summed E-state index contributed by atoms with van der Waals surface area (Å²) in [5.74, 6) is 0.691. The van der Waals surface area contributed by atoms with Gasteiger partial charge in [0.25, 0.3) is 0 Å². The zero-order valence-corrected chi connectivity index (χ0v) is 19.5. The Morgan fingerprint density at radius 2 is 2.12 bits per heavy atom. The van der Waals surface area contributed by atoms with Crippen molar-refractivity contribution in [1.29, 1.82) is 0 Å². The Kier molecular flexibility index (Phi) is 5.65. The average Bonchev–Trinajstić information content (AvgIpc) is 3.49. The van der Waals surface area contributed by atoms with Crippen molar-refractivity contribution < 1.29 is 4.74 Å². The second-order valence-electron chi connectivity index (χ2n) is 9.09. The molecule has 2 aromatic rings. The van der Waals surface area contributed by atoms with Crippen LogP contribution < -0.4 is 11.1 Å². The van der Waals surface area contributed by atoms with Crippen LogP contribution in [0.25, 0.3) is 0 Å². The molecule has 3 aliphatic heterocycles. The Bertz CT molecular complexity index is 1100. The number of pyridine rings is 2. The van der Waals surface area contributed by atoms with Crippen molar-refractivity contribution in [2.45, 2.75) is 48.2 Å². The van der Waals surface area contributed by atoms with Crippen molar-refractivity contribution in [3.05, 3.63) is 46.8 Å². The molecule has 2 aromatic heterocycles. The van der Waals surface area contributed by atoms with Crippen molar-refractivity contribution in [3.8, 4) is 0 Å². The van der Waals surface area contributed by atoms with Crippen molar-refractivity contribution >= 4 is 29.6 Å². The first-order chi connectivity index (χ1) is 16.2. The number of fused-ring (bicyclic) bond motifs is 5. The number of nitrogens with zero attached hydrogens (tertiary/aromatic N) is 5. The number of morpholine rings is 1. The molecule has 1 fully saturated rings. The highest BCUT2D eigenvalue weighted by Crippen LogP contribution is 2.48. The van der Waals surface area contributed by atoms with Crippen LogP contribution in [0.4, 0.5) is 5.82 Å². The number of hydrogen-bond donors (Lipinski definition) is 2. The predicted octanol–water partition coefficient (Wildman–Crippen LogP) is 2.06. The SMILES string of the molecule is Nc1nc2c(c3c1CCC3)C1=NC=NC(CCN3CCOCC3)(NCc3cccnc3)C1S2. The van der Waals surface area contributed by atoms with Crippen LogP contribution in [-0.2, 0) is 24.1 Å². The first-order valence-electron chi connectivity index (χ1n) is 11.8. The standard InChI is InChI=1S/C24H29N7OS/c25-22-18-5-1-4-17(18)19-20-21(33-23(19)30-22)24(29-15-27-20,6-8-31-9-11-32-12-10-31)28-14-16-3-2-7-26-13-16/h2-3,7,13,15,21,28H,1,4-6,8-12,14H2,(H2,25,30). The van der Waals surface area contributed by atoms with E-state index in [0.717, 1.165) is 74.8 Å². The maximum atomic E-state index is 6.36. The summed E-state index contributed by atoms with van der Waals surface area (Å²) in [6.07, 6.45) is 9.56. The summed E-state index contributed by atoms with van der Waals surface area (Å²) in [4.78, 5) is 21.4. The van der Waals surface area contributed by atoms with Crippen LogP contribution in [0.3, 0.4) is 0 Å². The smallest absolute Gasteiger partial charge is 0.132 e. The van der Waals surface area contributed by atoms with E-state index < -0.39 is 5.66 Å². The number of hydrogen-bond acceptors (Lipinski definition) is 9. The normalized spacial score (nSPS) is 26.1. The number of aromatic nitrogens is 2. The molecule has 8 nitrogen and oxygen atoms in total. The highest BCUT2D eigenvalue weighted by Gasteiger charge is 2.49. The summed E-state index contributed by atoms with van der Waals surface area (Å²) in [5.41, 5.74) is 11.9. The van der Waals surface area contributed by atoms with Gasteiger partial charge in [-0.05, 0) is 42.0 Å². The van der Waals surface area contributed by atoms with Gasteiger partial charge in [0.2, 0.25) is 0 Å². The van der Waals surface area contributed by atoms with Gasteiger partial charge in [-0.2, -0.15) is 0 Å². The molecule has 2 atom stereocenters. The molecular formula is C24H29N7OS. The minimum Gasteiger partial charge on any atom is -0.383 e. The van der Waals surface area contributed by atoms with Crippen molar-refractivity contribution in [2.24, 2.45) is 9.98 Å². The molecule has 4 aliphatic rings. The van der Waals surface area contributed by atoms with Gasteiger partial charge < -0.3 is 10.5 Å². The third kappa shape index (κ3) is 3.86. The van der Waals surface area contributed by atoms with Crippen molar-refractivity contribution in [2.75, 3.05) is 38.6 Å². The van der Waals surface area contributed by atoms with Crippen LogP contribution in [0.1, 0.15) is 35.1 Å². The van der Waals surface area contributed by atoms with E-state index >= 15 is 0 Å². The monoisotopic (exact) mass is 463 g/mol. The molecule has 0 saturated carbocycles. The Balaban J connectivity index is 1.33. The van der Waals surface area contributed by atoms with Gasteiger partial charge in [-0.15, -0.1) is 0 Å². The van der Waals surface area contributed by atoms with Crippen molar-refractivity contribution in [3.63, 3.8) is 0 Å². The first kappa shape index (κ1) is 21.2. The van der Waals surface area contributed by atoms with Crippen LogP contribution in [-0.4, -0.2) is 70.7 Å². The zero-order valence-electron chi connectivity index (χ0n) is 18.7. The van der Waals surface area contributed by atoms with Crippen molar-refractivity contribution in [1.82, 2.24) is 20.2 Å². The maximum absolute atomic E-state index is 6.36. The van der Waals surface area contributed by atoms with E-state index in [2.05, 4.69) is 21.3 Å². The fraction of sp³-hybridized carbons (Fsp3) is 0.500. The van der Waals surface area contributed by atoms with E-state index in [9.17, 15) is 0 Å². The van der Waals surface area contributed by atoms with E-state index in [-0.39, 0.29) is 5.25 Å². The predicted molar refractivity (Wildman–Crippen MR) is 131 cm³/mol. The van der Waals surface area contributed by atoms with Gasteiger partial charge in [-0.3, -0.25) is 15.2 Å². The number of anilines is 1. The molecule has 0 spiro atoms. The zero-order chi connectivity index (χ0) is 22.3. The molecule has 3 N–H and O–H groups in total. The van der Waals surface area contributed by atoms with E-state index in [4.69, 9.17) is 25.4 Å². The van der Waals surface area contributed by atoms with Crippen LogP contribution in [0.2, 0.25) is 0 Å².